The van der Waals surface area contributed by atoms with E-state index in [0.717, 1.165) is 18.2 Å². The number of nitrogens with one attached hydrogen (secondary N) is 1. The number of carbonyl (C=O) groups excluding carboxylic acids is 2. The van der Waals surface area contributed by atoms with Crippen molar-refractivity contribution in [3.8, 4) is 0 Å². The van der Waals surface area contributed by atoms with Crippen LogP contribution < -0.4 is 5.32 Å². The number of halogens is 3. The third-order valence-corrected chi connectivity index (χ3v) is 2.96. The van der Waals surface area contributed by atoms with Crippen molar-refractivity contribution in [2.24, 2.45) is 0 Å². The summed E-state index contributed by atoms with van der Waals surface area (Å²) >= 11 is 5.81. The van der Waals surface area contributed by atoms with Gasteiger partial charge < -0.3 is 10.1 Å². The number of hydrogen-bond donors (Lipinski definition) is 1. The summed E-state index contributed by atoms with van der Waals surface area (Å²) < 4.78 is 31.1. The third kappa shape index (κ3) is 4.02. The van der Waals surface area contributed by atoms with Gasteiger partial charge in [0.15, 0.2) is 6.61 Å². The van der Waals surface area contributed by atoms with Gasteiger partial charge in [-0.05, 0) is 24.3 Å². The molecule has 1 amide bonds. The fourth-order valence-electron chi connectivity index (χ4n) is 1.62. The number of rotatable bonds is 4. The summed E-state index contributed by atoms with van der Waals surface area (Å²) in [4.78, 5) is 23.3. The van der Waals surface area contributed by atoms with Crippen molar-refractivity contribution < 1.29 is 23.1 Å². The maximum absolute atomic E-state index is 13.3. The van der Waals surface area contributed by atoms with E-state index < -0.39 is 30.1 Å². The minimum Gasteiger partial charge on any atom is -0.452 e. The number of esters is 1. The van der Waals surface area contributed by atoms with Crippen molar-refractivity contribution in [3.63, 3.8) is 0 Å². The highest BCUT2D eigenvalue weighted by atomic mass is 35.5. The Morgan fingerprint density at radius 3 is 2.59 bits per heavy atom. The molecule has 22 heavy (non-hydrogen) atoms. The predicted molar refractivity (Wildman–Crippen MR) is 76.7 cm³/mol. The Bertz CT molecular complexity index is 722. The summed E-state index contributed by atoms with van der Waals surface area (Å²) in [5, 5.41) is 2.29. The number of amides is 1. The minimum absolute atomic E-state index is 0.105. The largest absolute Gasteiger partial charge is 0.452 e. The van der Waals surface area contributed by atoms with E-state index in [4.69, 9.17) is 16.3 Å². The Kier molecular flexibility index (Phi) is 5.06. The molecule has 2 aromatic rings. The lowest BCUT2D eigenvalue weighted by Crippen LogP contribution is -2.21. The Balaban J connectivity index is 1.94. The molecular weight excluding hydrogens is 316 g/mol. The second-order valence-electron chi connectivity index (χ2n) is 4.23. The van der Waals surface area contributed by atoms with Gasteiger partial charge in [0.2, 0.25) is 0 Å². The Hall–Kier alpha value is -2.47. The third-order valence-electron chi connectivity index (χ3n) is 2.63. The molecule has 0 radical (unpaired) electrons. The van der Waals surface area contributed by atoms with Crippen LogP contribution in [0.5, 0.6) is 0 Å². The first-order valence-corrected chi connectivity index (χ1v) is 6.51. The lowest BCUT2D eigenvalue weighted by atomic mass is 10.2. The summed E-state index contributed by atoms with van der Waals surface area (Å²) in [5.41, 5.74) is -0.229. The highest BCUT2D eigenvalue weighted by Crippen LogP contribution is 2.17. The molecule has 4 nitrogen and oxygen atoms in total. The van der Waals surface area contributed by atoms with E-state index in [1.165, 1.54) is 12.1 Å². The van der Waals surface area contributed by atoms with Gasteiger partial charge in [0, 0.05) is 6.07 Å². The SMILES string of the molecule is O=C(COC(=O)c1ccccc1Cl)Nc1cc(F)ccc1F. The number of carbonyl (C=O) groups is 2. The van der Waals surface area contributed by atoms with E-state index in [-0.39, 0.29) is 16.3 Å². The molecule has 0 saturated heterocycles. The highest BCUT2D eigenvalue weighted by molar-refractivity contribution is 6.33. The summed E-state index contributed by atoms with van der Waals surface area (Å²) in [5.74, 6) is -3.10. The normalized spacial score (nSPS) is 10.1. The molecule has 1 N–H and O–H groups in total. The molecule has 0 fully saturated rings. The van der Waals surface area contributed by atoms with Gasteiger partial charge in [-0.25, -0.2) is 13.6 Å². The molecule has 0 aliphatic rings. The molecule has 2 rings (SSSR count). The average molecular weight is 326 g/mol. The van der Waals surface area contributed by atoms with Crippen LogP contribution in [0.2, 0.25) is 5.02 Å². The van der Waals surface area contributed by atoms with Gasteiger partial charge in [-0.15, -0.1) is 0 Å². The summed E-state index contributed by atoms with van der Waals surface area (Å²) in [7, 11) is 0. The van der Waals surface area contributed by atoms with Gasteiger partial charge in [-0.2, -0.15) is 0 Å². The fraction of sp³-hybridized carbons (Fsp3) is 0.0667. The van der Waals surface area contributed by atoms with Crippen molar-refractivity contribution in [1.29, 1.82) is 0 Å². The molecule has 114 valence electrons. The van der Waals surface area contributed by atoms with E-state index in [0.29, 0.717) is 0 Å². The maximum atomic E-state index is 13.3. The van der Waals surface area contributed by atoms with Crippen molar-refractivity contribution in [2.45, 2.75) is 0 Å². The van der Waals surface area contributed by atoms with Gasteiger partial charge in [0.25, 0.3) is 5.91 Å². The molecule has 0 aliphatic carbocycles. The lowest BCUT2D eigenvalue weighted by Gasteiger charge is -2.08. The van der Waals surface area contributed by atoms with Crippen molar-refractivity contribution >= 4 is 29.2 Å². The molecule has 0 aromatic heterocycles. The Morgan fingerprint density at radius 2 is 1.86 bits per heavy atom. The number of ether oxygens (including phenoxy) is 1. The van der Waals surface area contributed by atoms with Crippen LogP contribution in [0.4, 0.5) is 14.5 Å². The summed E-state index contributed by atoms with van der Waals surface area (Å²) in [6.07, 6.45) is 0. The molecule has 0 unspecified atom stereocenters. The van der Waals surface area contributed by atoms with E-state index in [9.17, 15) is 18.4 Å². The summed E-state index contributed by atoms with van der Waals surface area (Å²) in [6, 6.07) is 8.78. The van der Waals surface area contributed by atoms with Gasteiger partial charge in [-0.3, -0.25) is 4.79 Å². The highest BCUT2D eigenvalue weighted by Gasteiger charge is 2.14. The zero-order valence-electron chi connectivity index (χ0n) is 11.1. The van der Waals surface area contributed by atoms with Crippen LogP contribution in [-0.4, -0.2) is 18.5 Å². The van der Waals surface area contributed by atoms with E-state index in [1.54, 1.807) is 12.1 Å². The molecule has 0 heterocycles. The van der Waals surface area contributed by atoms with Crippen LogP contribution in [0, 0.1) is 11.6 Å². The van der Waals surface area contributed by atoms with E-state index in [2.05, 4.69) is 5.32 Å². The first-order chi connectivity index (χ1) is 10.5. The van der Waals surface area contributed by atoms with Crippen LogP contribution in [0.15, 0.2) is 42.5 Å². The van der Waals surface area contributed by atoms with Crippen LogP contribution in [0.3, 0.4) is 0 Å². The van der Waals surface area contributed by atoms with Crippen LogP contribution in [0.1, 0.15) is 10.4 Å². The van der Waals surface area contributed by atoms with E-state index in [1.807, 2.05) is 0 Å². The topological polar surface area (TPSA) is 55.4 Å². The van der Waals surface area contributed by atoms with Crippen molar-refractivity contribution in [3.05, 3.63) is 64.7 Å². The molecule has 0 spiro atoms. The smallest absolute Gasteiger partial charge is 0.340 e. The standard InChI is InChI=1S/C15H10ClF2NO3/c16-11-4-2-1-3-10(11)15(21)22-8-14(20)19-13-7-9(17)5-6-12(13)18/h1-7H,8H2,(H,19,20). The van der Waals surface area contributed by atoms with Gasteiger partial charge in [0.05, 0.1) is 16.3 Å². The maximum Gasteiger partial charge on any atom is 0.340 e. The zero-order valence-corrected chi connectivity index (χ0v) is 11.9. The van der Waals surface area contributed by atoms with Gasteiger partial charge in [0.1, 0.15) is 11.6 Å². The molecule has 0 aliphatic heterocycles. The average Bonchev–Trinajstić information content (AvgIpc) is 2.49. The fourth-order valence-corrected chi connectivity index (χ4v) is 1.83. The van der Waals surface area contributed by atoms with Crippen molar-refractivity contribution in [2.75, 3.05) is 11.9 Å². The molecule has 2 aromatic carbocycles. The van der Waals surface area contributed by atoms with Crippen molar-refractivity contribution in [1.82, 2.24) is 0 Å². The number of benzene rings is 2. The molecule has 0 bridgehead atoms. The Labute approximate surface area is 129 Å². The molecule has 7 heteroatoms. The lowest BCUT2D eigenvalue weighted by molar-refractivity contribution is -0.119. The van der Waals surface area contributed by atoms with Crippen LogP contribution in [0.25, 0.3) is 0 Å². The van der Waals surface area contributed by atoms with E-state index >= 15 is 0 Å². The predicted octanol–water partition coefficient (Wildman–Crippen LogP) is 3.41. The molecule has 0 atom stereocenters. The first kappa shape index (κ1) is 15.9. The quantitative estimate of drug-likeness (QED) is 0.876. The van der Waals surface area contributed by atoms with Gasteiger partial charge in [-0.1, -0.05) is 23.7 Å². The monoisotopic (exact) mass is 325 g/mol. The second kappa shape index (κ2) is 7.00. The van der Waals surface area contributed by atoms with Gasteiger partial charge >= 0.3 is 5.97 Å². The molecule has 0 saturated carbocycles. The Morgan fingerprint density at radius 1 is 1.14 bits per heavy atom. The van der Waals surface area contributed by atoms with Crippen LogP contribution >= 0.6 is 11.6 Å². The zero-order chi connectivity index (χ0) is 16.1. The minimum atomic E-state index is -0.801. The summed E-state index contributed by atoms with van der Waals surface area (Å²) in [6.45, 7) is -0.653. The molecular formula is C15H10ClF2NO3. The number of hydrogen-bond acceptors (Lipinski definition) is 3. The second-order valence-corrected chi connectivity index (χ2v) is 4.64. The first-order valence-electron chi connectivity index (χ1n) is 6.14. The number of anilines is 1. The van der Waals surface area contributed by atoms with Crippen LogP contribution in [-0.2, 0) is 9.53 Å².